The summed E-state index contributed by atoms with van der Waals surface area (Å²) in [5.41, 5.74) is 2.57. The lowest BCUT2D eigenvalue weighted by Crippen LogP contribution is -2.18. The van der Waals surface area contributed by atoms with E-state index >= 15 is 0 Å². The van der Waals surface area contributed by atoms with Crippen molar-refractivity contribution in [2.45, 2.75) is 58.7 Å². The number of hydrogen-bond acceptors (Lipinski definition) is 15. The molecule has 59 heavy (non-hydrogen) atoms. The Morgan fingerprint density at radius 1 is 0.729 bits per heavy atom. The van der Waals surface area contributed by atoms with Crippen LogP contribution in [0.25, 0.3) is 49.2 Å². The van der Waals surface area contributed by atoms with Crippen molar-refractivity contribution >= 4 is 66.8 Å². The number of aliphatic hydroxyl groups is 3. The number of carbonyl (C=O) groups is 2. The molecule has 1 aliphatic carbocycles. The Bertz CT molecular complexity index is 2480. The smallest absolute Gasteiger partial charge is 0.308 e. The highest BCUT2D eigenvalue weighted by molar-refractivity contribution is 6.38. The molecule has 0 fully saturated rings. The number of aromatic hydroxyl groups is 1. The Labute approximate surface area is 339 Å². The number of methoxy groups -OCH3 is 2. The van der Waals surface area contributed by atoms with E-state index in [1.807, 2.05) is 13.0 Å². The molecule has 5 aromatic carbocycles. The van der Waals surface area contributed by atoms with Gasteiger partial charge in [0.15, 0.2) is 11.2 Å². The summed E-state index contributed by atoms with van der Waals surface area (Å²) in [6, 6.07) is 2.91. The molecule has 5 aromatic rings. The van der Waals surface area contributed by atoms with E-state index < -0.39 is 36.0 Å². The number of hydrogen-bond donors (Lipinski definition) is 5. The lowest BCUT2D eigenvalue weighted by Gasteiger charge is -2.25. The van der Waals surface area contributed by atoms with E-state index in [9.17, 15) is 34.5 Å². The van der Waals surface area contributed by atoms with E-state index in [0.29, 0.717) is 92.9 Å². The summed E-state index contributed by atoms with van der Waals surface area (Å²) in [4.78, 5) is 53.4. The van der Waals surface area contributed by atoms with Gasteiger partial charge in [0.25, 0.3) is 0 Å². The number of nitrogens with one attached hydrogen (secondary N) is 1. The molecule has 0 spiro atoms. The van der Waals surface area contributed by atoms with Crippen LogP contribution in [0.5, 0.6) is 11.5 Å². The molecule has 0 bridgehead atoms. The van der Waals surface area contributed by atoms with Crippen molar-refractivity contribution in [3.8, 4) is 11.5 Å². The largest absolute Gasteiger partial charge is 0.507 e. The Kier molecular flexibility index (Phi) is 14.5. The second-order valence-corrected chi connectivity index (χ2v) is 14.4. The van der Waals surface area contributed by atoms with Crippen LogP contribution in [-0.4, -0.2) is 106 Å². The molecule has 5 N–H and O–H groups in total. The summed E-state index contributed by atoms with van der Waals surface area (Å²) >= 11 is 0. The van der Waals surface area contributed by atoms with Gasteiger partial charge in [-0.05, 0) is 83.0 Å². The van der Waals surface area contributed by atoms with Gasteiger partial charge in [0.2, 0.25) is 5.43 Å². The number of phenols is 1. The van der Waals surface area contributed by atoms with Gasteiger partial charge in [0.05, 0.1) is 77.0 Å². The topological polar surface area (TPSA) is 217 Å². The third-order valence-electron chi connectivity index (χ3n) is 10.6. The molecule has 15 nitrogen and oxygen atoms in total. The van der Waals surface area contributed by atoms with Crippen molar-refractivity contribution in [2.24, 2.45) is 0 Å². The number of esters is 2. The first-order valence-corrected chi connectivity index (χ1v) is 19.7. The van der Waals surface area contributed by atoms with Crippen molar-refractivity contribution in [1.82, 2.24) is 0 Å². The first kappa shape index (κ1) is 43.4. The number of carbonyl (C=O) groups excluding carboxylic acids is 2. The fraction of sp³-hybridized carbons (Fsp3) is 0.455. The van der Waals surface area contributed by atoms with Crippen molar-refractivity contribution in [1.29, 1.82) is 0 Å². The maximum absolute atomic E-state index is 14.6. The first-order chi connectivity index (χ1) is 28.6. The minimum absolute atomic E-state index is 0.00827. The number of anilines is 1. The lowest BCUT2D eigenvalue weighted by molar-refractivity contribution is -0.145. The number of allylic oxidation sites excluding steroid dienone is 1. The molecule has 316 valence electrons. The maximum atomic E-state index is 14.6. The van der Waals surface area contributed by atoms with Gasteiger partial charge in [-0.25, -0.2) is 0 Å². The molecular weight excluding hydrogens is 766 g/mol. The molecule has 1 aliphatic rings. The second kappa shape index (κ2) is 19.7. The molecule has 0 heterocycles. The number of rotatable bonds is 23. The van der Waals surface area contributed by atoms with Gasteiger partial charge in [-0.1, -0.05) is 11.6 Å². The van der Waals surface area contributed by atoms with E-state index in [1.54, 1.807) is 13.2 Å². The Hall–Kier alpha value is -5.16. The lowest BCUT2D eigenvalue weighted by atomic mass is 9.80. The highest BCUT2D eigenvalue weighted by atomic mass is 16.5. The van der Waals surface area contributed by atoms with E-state index in [-0.39, 0.29) is 93.1 Å². The van der Waals surface area contributed by atoms with Crippen LogP contribution in [0.3, 0.4) is 0 Å². The van der Waals surface area contributed by atoms with Crippen molar-refractivity contribution in [2.75, 3.05) is 78.9 Å². The molecule has 0 amide bonds. The van der Waals surface area contributed by atoms with Gasteiger partial charge in [0, 0.05) is 54.5 Å². The standard InChI is InChI=1S/C44H51NO14/c1-24-18-28-27(6-4-12-58-32(50)8-14-57-17-16-54-2)42(52)39-31(49)21-26(23-48)35-34-25(22-47)20-30(45-9-15-59-33(51)7-13-56-11-5-10-46)38-40(34)37(36(28)41(35)39)29(19-24)44(55-3)43(38)53/h18,20-21,45-48,52H,4-17,19,22-23H2,1-3H3. The molecule has 0 saturated carbocycles. The number of ether oxygens (including phenoxy) is 6. The highest BCUT2D eigenvalue weighted by Crippen LogP contribution is 2.52. The zero-order valence-corrected chi connectivity index (χ0v) is 33.6. The SMILES string of the molecule is COCCOCCC(=O)OCCCc1c(O)c2c(=O)cc(CO)c3c4c(CO)cc(NCCOC(=O)CCOCCCO)c5c(=O)c(OC)c6c(c(c1C=C(C)C6)c23)c54. The van der Waals surface area contributed by atoms with Crippen LogP contribution in [0.2, 0.25) is 0 Å². The van der Waals surface area contributed by atoms with Crippen LogP contribution >= 0.6 is 0 Å². The first-order valence-electron chi connectivity index (χ1n) is 19.7. The van der Waals surface area contributed by atoms with Crippen molar-refractivity contribution in [3.05, 3.63) is 66.0 Å². The molecule has 0 saturated heterocycles. The minimum atomic E-state index is -0.539. The van der Waals surface area contributed by atoms with Crippen LogP contribution in [0.4, 0.5) is 5.69 Å². The third-order valence-corrected chi connectivity index (χ3v) is 10.6. The maximum Gasteiger partial charge on any atom is 0.308 e. The Morgan fingerprint density at radius 2 is 1.39 bits per heavy atom. The van der Waals surface area contributed by atoms with Gasteiger partial charge in [-0.2, -0.15) is 0 Å². The highest BCUT2D eigenvalue weighted by Gasteiger charge is 2.32. The molecular formula is C44H51NO14. The molecule has 6 rings (SSSR count). The van der Waals surface area contributed by atoms with Crippen LogP contribution < -0.4 is 20.9 Å². The van der Waals surface area contributed by atoms with Crippen LogP contribution in [0.1, 0.15) is 60.4 Å². The predicted molar refractivity (Wildman–Crippen MR) is 222 cm³/mol. The van der Waals surface area contributed by atoms with Crippen molar-refractivity contribution < 1.29 is 58.4 Å². The van der Waals surface area contributed by atoms with E-state index in [4.69, 9.17) is 33.5 Å². The molecule has 0 aliphatic heterocycles. The number of aliphatic hydroxyl groups excluding tert-OH is 3. The van der Waals surface area contributed by atoms with E-state index in [0.717, 1.165) is 5.57 Å². The van der Waals surface area contributed by atoms with Crippen molar-refractivity contribution in [3.63, 3.8) is 0 Å². The third kappa shape index (κ3) is 8.76. The molecule has 15 heteroatoms. The molecule has 0 unspecified atom stereocenters. The van der Waals surface area contributed by atoms with Gasteiger partial charge < -0.3 is 54.2 Å². The van der Waals surface area contributed by atoms with Crippen LogP contribution in [0.15, 0.2) is 27.3 Å². The zero-order valence-electron chi connectivity index (χ0n) is 33.6. The predicted octanol–water partition coefficient (Wildman–Crippen LogP) is 3.83. The summed E-state index contributed by atoms with van der Waals surface area (Å²) in [5, 5.41) is 49.1. The number of fused-ring (bicyclic) bond motifs is 1. The number of benzene rings is 5. The average molecular weight is 818 g/mol. The fourth-order valence-electron chi connectivity index (χ4n) is 8.12. The van der Waals surface area contributed by atoms with E-state index in [1.165, 1.54) is 13.2 Å². The van der Waals surface area contributed by atoms with Gasteiger partial charge in [-0.3, -0.25) is 19.2 Å². The van der Waals surface area contributed by atoms with Crippen LogP contribution in [0, 0.1) is 0 Å². The normalized spacial score (nSPS) is 12.5. The summed E-state index contributed by atoms with van der Waals surface area (Å²) < 4.78 is 32.4. The summed E-state index contributed by atoms with van der Waals surface area (Å²) in [5.74, 6) is -1.06. The Balaban J connectivity index is 1.49. The number of phenolic OH excluding ortho intramolecular Hbond substituents is 1. The zero-order chi connectivity index (χ0) is 42.2. The Morgan fingerprint density at radius 3 is 2.05 bits per heavy atom. The van der Waals surface area contributed by atoms with Crippen LogP contribution in [-0.2, 0) is 59.3 Å². The van der Waals surface area contributed by atoms with Gasteiger partial charge in [0.1, 0.15) is 12.4 Å². The van der Waals surface area contributed by atoms with E-state index in [2.05, 4.69) is 5.32 Å². The second-order valence-electron chi connectivity index (χ2n) is 14.4. The molecule has 0 atom stereocenters. The summed E-state index contributed by atoms with van der Waals surface area (Å²) in [6.45, 7) is 2.41. The quantitative estimate of drug-likeness (QED) is 0.0274. The fourth-order valence-corrected chi connectivity index (χ4v) is 8.12. The molecule has 0 aromatic heterocycles. The van der Waals surface area contributed by atoms with Gasteiger partial charge in [-0.15, -0.1) is 0 Å². The average Bonchev–Trinajstić information content (AvgIpc) is 3.37. The molecule has 0 radical (unpaired) electrons. The monoisotopic (exact) mass is 817 g/mol. The summed E-state index contributed by atoms with van der Waals surface area (Å²) in [7, 11) is 2.98. The van der Waals surface area contributed by atoms with Gasteiger partial charge >= 0.3 is 11.9 Å². The minimum Gasteiger partial charge on any atom is -0.507 e. The summed E-state index contributed by atoms with van der Waals surface area (Å²) in [6.07, 6.45) is 3.30.